The number of piperidine rings is 1. The topological polar surface area (TPSA) is 36.4 Å². The van der Waals surface area contributed by atoms with E-state index in [9.17, 15) is 9.18 Å². The van der Waals surface area contributed by atoms with Gasteiger partial charge in [-0.2, -0.15) is 0 Å². The Morgan fingerprint density at radius 3 is 2.81 bits per heavy atom. The Balaban J connectivity index is 1.73. The first-order chi connectivity index (χ1) is 10.1. The first kappa shape index (κ1) is 14.7. The Hall–Kier alpha value is -1.20. The van der Waals surface area contributed by atoms with Gasteiger partial charge in [0.2, 0.25) is 0 Å². The van der Waals surface area contributed by atoms with Crippen LogP contribution in [0.15, 0.2) is 12.3 Å². The summed E-state index contributed by atoms with van der Waals surface area (Å²) in [6.07, 6.45) is 5.61. The summed E-state index contributed by atoms with van der Waals surface area (Å²) in [5.41, 5.74) is 0.165. The average molecular weight is 312 g/mol. The van der Waals surface area contributed by atoms with Crippen molar-refractivity contribution in [1.82, 2.24) is 14.8 Å². The van der Waals surface area contributed by atoms with Crippen LogP contribution >= 0.6 is 11.6 Å². The van der Waals surface area contributed by atoms with Crippen LogP contribution in [-0.4, -0.2) is 52.9 Å². The van der Waals surface area contributed by atoms with E-state index in [2.05, 4.69) is 9.88 Å². The van der Waals surface area contributed by atoms with Crippen LogP contribution in [0.5, 0.6) is 0 Å². The van der Waals surface area contributed by atoms with E-state index in [0.29, 0.717) is 19.1 Å². The third-order valence-corrected chi connectivity index (χ3v) is 4.68. The van der Waals surface area contributed by atoms with Crippen molar-refractivity contribution in [3.8, 4) is 0 Å². The van der Waals surface area contributed by atoms with Gasteiger partial charge in [-0.05, 0) is 44.8 Å². The molecule has 0 aromatic carbocycles. The predicted octanol–water partition coefficient (Wildman–Crippen LogP) is 2.57. The summed E-state index contributed by atoms with van der Waals surface area (Å²) in [4.78, 5) is 20.5. The Morgan fingerprint density at radius 2 is 2.05 bits per heavy atom. The van der Waals surface area contributed by atoms with Gasteiger partial charge in [-0.1, -0.05) is 11.6 Å². The molecule has 0 N–H and O–H groups in total. The maximum atomic E-state index is 13.3. The maximum Gasteiger partial charge on any atom is 0.257 e. The molecule has 2 aliphatic heterocycles. The summed E-state index contributed by atoms with van der Waals surface area (Å²) < 4.78 is 13.3. The van der Waals surface area contributed by atoms with E-state index in [4.69, 9.17) is 11.6 Å². The molecule has 3 rings (SSSR count). The normalized spacial score (nSPS) is 23.5. The lowest BCUT2D eigenvalue weighted by Gasteiger charge is -2.37. The molecule has 21 heavy (non-hydrogen) atoms. The maximum absolute atomic E-state index is 13.3. The molecule has 6 heteroatoms. The highest BCUT2D eigenvalue weighted by Gasteiger charge is 2.30. The molecule has 1 unspecified atom stereocenters. The number of rotatable bonds is 2. The number of hydrogen-bond acceptors (Lipinski definition) is 3. The van der Waals surface area contributed by atoms with Gasteiger partial charge in [0.1, 0.15) is 11.0 Å². The van der Waals surface area contributed by atoms with Gasteiger partial charge >= 0.3 is 0 Å². The lowest BCUT2D eigenvalue weighted by molar-refractivity contribution is 0.0607. The van der Waals surface area contributed by atoms with Crippen molar-refractivity contribution < 1.29 is 9.18 Å². The molecule has 0 bridgehead atoms. The van der Waals surface area contributed by atoms with Crippen molar-refractivity contribution in [2.45, 2.75) is 31.7 Å². The highest BCUT2D eigenvalue weighted by Crippen LogP contribution is 2.23. The molecule has 0 saturated carbocycles. The Morgan fingerprint density at radius 1 is 1.29 bits per heavy atom. The van der Waals surface area contributed by atoms with E-state index < -0.39 is 5.82 Å². The molecule has 0 radical (unpaired) electrons. The van der Waals surface area contributed by atoms with Crippen molar-refractivity contribution in [2.75, 3.05) is 26.2 Å². The van der Waals surface area contributed by atoms with Crippen LogP contribution in [0.3, 0.4) is 0 Å². The molecule has 0 aliphatic carbocycles. The summed E-state index contributed by atoms with van der Waals surface area (Å²) in [5.74, 6) is -0.744. The van der Waals surface area contributed by atoms with Gasteiger partial charge in [0.05, 0.1) is 11.8 Å². The fourth-order valence-electron chi connectivity index (χ4n) is 3.29. The Kier molecular flexibility index (Phi) is 4.40. The molecule has 3 heterocycles. The quantitative estimate of drug-likeness (QED) is 0.788. The number of hydrogen-bond donors (Lipinski definition) is 0. The first-order valence-corrected chi connectivity index (χ1v) is 7.87. The fraction of sp³-hybridized carbons (Fsp3) is 0.600. The highest BCUT2D eigenvalue weighted by atomic mass is 35.5. The molecule has 114 valence electrons. The van der Waals surface area contributed by atoms with Crippen LogP contribution in [0.2, 0.25) is 5.15 Å². The second-order valence-corrected chi connectivity index (χ2v) is 6.14. The average Bonchev–Trinajstić information content (AvgIpc) is 3.03. The highest BCUT2D eigenvalue weighted by molar-refractivity contribution is 6.32. The summed E-state index contributed by atoms with van der Waals surface area (Å²) in [6.45, 7) is 3.64. The molecular formula is C15H19ClFN3O. The monoisotopic (exact) mass is 311 g/mol. The molecule has 2 aliphatic rings. The zero-order valence-corrected chi connectivity index (χ0v) is 12.7. The molecule has 4 nitrogen and oxygen atoms in total. The standard InChI is InChI=1S/C15H19ClFN3O/c16-14-13(8-11(17)9-18-14)15(21)20-7-3-4-12(10-20)19-5-1-2-6-19/h8-9,12H,1-7,10H2. The summed E-state index contributed by atoms with van der Waals surface area (Å²) in [5, 5.41) is 0.0738. The fourth-order valence-corrected chi connectivity index (χ4v) is 3.47. The number of carbonyl (C=O) groups excluding carboxylic acids is 1. The molecule has 1 amide bonds. The second-order valence-electron chi connectivity index (χ2n) is 5.78. The molecule has 0 spiro atoms. The Labute approximate surface area is 128 Å². The lowest BCUT2D eigenvalue weighted by Crippen LogP contribution is -2.49. The van der Waals surface area contributed by atoms with E-state index in [1.165, 1.54) is 18.9 Å². The number of pyridine rings is 1. The number of carbonyl (C=O) groups is 1. The third kappa shape index (κ3) is 3.19. The van der Waals surface area contributed by atoms with Gasteiger partial charge in [0.25, 0.3) is 5.91 Å². The van der Waals surface area contributed by atoms with Crippen molar-refractivity contribution in [2.24, 2.45) is 0 Å². The third-order valence-electron chi connectivity index (χ3n) is 4.38. The van der Waals surface area contributed by atoms with Crippen LogP contribution in [0, 0.1) is 5.82 Å². The van der Waals surface area contributed by atoms with Gasteiger partial charge in [-0.25, -0.2) is 9.37 Å². The number of halogens is 2. The number of amides is 1. The molecular weight excluding hydrogens is 293 g/mol. The smallest absolute Gasteiger partial charge is 0.257 e. The van der Waals surface area contributed by atoms with Crippen molar-refractivity contribution in [3.63, 3.8) is 0 Å². The first-order valence-electron chi connectivity index (χ1n) is 7.49. The number of nitrogens with zero attached hydrogens (tertiary/aromatic N) is 3. The molecule has 1 aromatic rings. The van der Waals surface area contributed by atoms with E-state index in [1.807, 2.05) is 0 Å². The molecule has 2 saturated heterocycles. The van der Waals surface area contributed by atoms with Crippen LogP contribution in [0.1, 0.15) is 36.0 Å². The number of aromatic nitrogens is 1. The summed E-state index contributed by atoms with van der Waals surface area (Å²) >= 11 is 5.94. The van der Waals surface area contributed by atoms with Crippen molar-refractivity contribution in [3.05, 3.63) is 28.8 Å². The van der Waals surface area contributed by atoms with Crippen LogP contribution < -0.4 is 0 Å². The van der Waals surface area contributed by atoms with Gasteiger partial charge in [0, 0.05) is 19.1 Å². The number of likely N-dealkylation sites (tertiary alicyclic amines) is 2. The van der Waals surface area contributed by atoms with Crippen LogP contribution in [0.4, 0.5) is 4.39 Å². The van der Waals surface area contributed by atoms with Gasteiger partial charge in [-0.3, -0.25) is 9.69 Å². The SMILES string of the molecule is O=C(c1cc(F)cnc1Cl)N1CCCC(N2CCCC2)C1. The van der Waals surface area contributed by atoms with Crippen LogP contribution in [0.25, 0.3) is 0 Å². The van der Waals surface area contributed by atoms with Gasteiger partial charge in [0.15, 0.2) is 0 Å². The summed E-state index contributed by atoms with van der Waals surface area (Å²) in [6, 6.07) is 1.60. The minimum absolute atomic E-state index is 0.0738. The van der Waals surface area contributed by atoms with Crippen LogP contribution in [-0.2, 0) is 0 Å². The van der Waals surface area contributed by atoms with Gasteiger partial charge in [-0.15, -0.1) is 0 Å². The van der Waals surface area contributed by atoms with Crippen molar-refractivity contribution in [1.29, 1.82) is 0 Å². The van der Waals surface area contributed by atoms with E-state index in [1.54, 1.807) is 4.90 Å². The molecule has 2 fully saturated rings. The lowest BCUT2D eigenvalue weighted by atomic mass is 10.0. The minimum Gasteiger partial charge on any atom is -0.337 e. The largest absolute Gasteiger partial charge is 0.337 e. The van der Waals surface area contributed by atoms with Crippen molar-refractivity contribution >= 4 is 17.5 Å². The summed E-state index contributed by atoms with van der Waals surface area (Å²) in [7, 11) is 0. The second kappa shape index (κ2) is 6.28. The van der Waals surface area contributed by atoms with E-state index in [0.717, 1.165) is 32.1 Å². The Bertz CT molecular complexity index is 534. The zero-order valence-electron chi connectivity index (χ0n) is 11.9. The zero-order chi connectivity index (χ0) is 14.8. The van der Waals surface area contributed by atoms with E-state index >= 15 is 0 Å². The molecule has 1 aromatic heterocycles. The predicted molar refractivity (Wildman–Crippen MR) is 78.9 cm³/mol. The molecule has 1 atom stereocenters. The minimum atomic E-state index is -0.532. The van der Waals surface area contributed by atoms with E-state index in [-0.39, 0.29) is 16.6 Å². The van der Waals surface area contributed by atoms with Gasteiger partial charge < -0.3 is 4.90 Å².